The van der Waals surface area contributed by atoms with Gasteiger partial charge in [-0.15, -0.1) is 0 Å². The van der Waals surface area contributed by atoms with Gasteiger partial charge in [-0.2, -0.15) is 0 Å². The highest BCUT2D eigenvalue weighted by molar-refractivity contribution is 9.10. The molecule has 0 saturated heterocycles. The molecule has 21 heavy (non-hydrogen) atoms. The van der Waals surface area contributed by atoms with E-state index in [-0.39, 0.29) is 5.82 Å². The second-order valence-electron chi connectivity index (χ2n) is 5.31. The molecule has 0 heterocycles. The topological polar surface area (TPSA) is 12.0 Å². The first kappa shape index (κ1) is 15.3. The van der Waals surface area contributed by atoms with Gasteiger partial charge < -0.3 is 5.32 Å². The Morgan fingerprint density at radius 3 is 2.38 bits per heavy atom. The van der Waals surface area contributed by atoms with E-state index in [1.807, 2.05) is 0 Å². The molecule has 0 aromatic heterocycles. The van der Waals surface area contributed by atoms with Gasteiger partial charge in [0.25, 0.3) is 0 Å². The van der Waals surface area contributed by atoms with E-state index in [0.29, 0.717) is 21.5 Å². The van der Waals surface area contributed by atoms with Crippen molar-refractivity contribution in [3.05, 3.63) is 61.7 Å². The lowest BCUT2D eigenvalue weighted by atomic mass is 9.76. The molecule has 0 spiro atoms. The molecule has 1 aliphatic rings. The zero-order valence-electron chi connectivity index (χ0n) is 11.0. The maximum atomic E-state index is 13.2. The number of hydrogen-bond donors (Lipinski definition) is 1. The van der Waals surface area contributed by atoms with E-state index in [2.05, 4.69) is 61.4 Å². The van der Waals surface area contributed by atoms with Gasteiger partial charge in [-0.05, 0) is 64.5 Å². The van der Waals surface area contributed by atoms with Crippen molar-refractivity contribution < 1.29 is 4.39 Å². The quantitative estimate of drug-likeness (QED) is 0.594. The van der Waals surface area contributed by atoms with Crippen molar-refractivity contribution in [1.82, 2.24) is 0 Å². The Labute approximate surface area is 145 Å². The smallest absolute Gasteiger partial charge is 0.125 e. The fourth-order valence-corrected chi connectivity index (χ4v) is 3.81. The van der Waals surface area contributed by atoms with Gasteiger partial charge in [0.05, 0.1) is 10.7 Å². The molecule has 5 heteroatoms. The van der Waals surface area contributed by atoms with Gasteiger partial charge >= 0.3 is 0 Å². The molecule has 1 N–H and O–H groups in total. The molecule has 2 aromatic carbocycles. The summed E-state index contributed by atoms with van der Waals surface area (Å²) >= 11 is 12.9. The Hall–Kier alpha value is -0.580. The fraction of sp³-hybridized carbons (Fsp3) is 0.250. The maximum Gasteiger partial charge on any atom is 0.125 e. The Morgan fingerprint density at radius 2 is 1.76 bits per heavy atom. The van der Waals surface area contributed by atoms with Gasteiger partial charge in [0.15, 0.2) is 0 Å². The number of hydrogen-bond acceptors (Lipinski definition) is 1. The molecule has 1 fully saturated rings. The summed E-state index contributed by atoms with van der Waals surface area (Å²) in [5.74, 6) is 0.243. The predicted molar refractivity (Wildman–Crippen MR) is 92.6 cm³/mol. The molecular weight excluding hydrogens is 420 g/mol. The highest BCUT2D eigenvalue weighted by Crippen LogP contribution is 2.41. The number of nitrogens with one attached hydrogen (secondary N) is 1. The highest BCUT2D eigenvalue weighted by atomic mass is 79.9. The van der Waals surface area contributed by atoms with E-state index in [1.54, 1.807) is 0 Å². The van der Waals surface area contributed by atoms with Crippen molar-refractivity contribution in [2.75, 3.05) is 5.32 Å². The molecule has 1 nitrogen and oxygen atoms in total. The summed E-state index contributed by atoms with van der Waals surface area (Å²) in [6, 6.07) is 11.6. The van der Waals surface area contributed by atoms with Crippen LogP contribution in [0.4, 0.5) is 10.1 Å². The summed E-state index contributed by atoms with van der Waals surface area (Å²) in [6.45, 7) is 0. The predicted octanol–water partition coefficient (Wildman–Crippen LogP) is 6.36. The van der Waals surface area contributed by atoms with Gasteiger partial charge in [-0.3, -0.25) is 0 Å². The van der Waals surface area contributed by atoms with Crippen LogP contribution in [0.15, 0.2) is 45.3 Å². The fourth-order valence-electron chi connectivity index (χ4n) is 2.63. The average Bonchev–Trinajstić information content (AvgIpc) is 2.37. The van der Waals surface area contributed by atoms with E-state index in [1.165, 1.54) is 17.7 Å². The van der Waals surface area contributed by atoms with Crippen LogP contribution in [0.1, 0.15) is 24.3 Å². The summed E-state index contributed by atoms with van der Waals surface area (Å²) in [4.78, 5) is 0. The minimum absolute atomic E-state index is 0.334. The number of rotatable bonds is 3. The maximum absolute atomic E-state index is 13.2. The first-order valence-corrected chi connectivity index (χ1v) is 8.66. The van der Waals surface area contributed by atoms with E-state index < -0.39 is 0 Å². The van der Waals surface area contributed by atoms with Gasteiger partial charge in [-0.25, -0.2) is 4.39 Å². The van der Waals surface area contributed by atoms with Crippen LogP contribution in [0.3, 0.4) is 0 Å². The minimum Gasteiger partial charge on any atom is -0.380 e. The standard InChI is InChI=1S/C16H13Br2ClFN/c17-11-3-1-9(2-4-11)10-5-13(6-10)21-16-14(18)7-12(20)8-15(16)19/h1-4,7-8,10,13,21H,5-6H2. The third-order valence-electron chi connectivity index (χ3n) is 3.83. The lowest BCUT2D eigenvalue weighted by Crippen LogP contribution is -2.34. The Balaban J connectivity index is 1.64. The van der Waals surface area contributed by atoms with Crippen molar-refractivity contribution in [2.24, 2.45) is 0 Å². The molecule has 1 aliphatic carbocycles. The van der Waals surface area contributed by atoms with E-state index in [9.17, 15) is 4.39 Å². The molecule has 110 valence electrons. The Bertz CT molecular complexity index is 631. The molecule has 2 aromatic rings. The van der Waals surface area contributed by atoms with Crippen LogP contribution >= 0.6 is 43.5 Å². The average molecular weight is 434 g/mol. The summed E-state index contributed by atoms with van der Waals surface area (Å²) in [6.07, 6.45) is 2.11. The number of halogens is 4. The summed E-state index contributed by atoms with van der Waals surface area (Å²) < 4.78 is 15.0. The zero-order valence-corrected chi connectivity index (χ0v) is 15.0. The molecule has 0 bridgehead atoms. The second-order valence-corrected chi connectivity index (χ2v) is 7.48. The van der Waals surface area contributed by atoms with Crippen LogP contribution in [0.2, 0.25) is 5.02 Å². The van der Waals surface area contributed by atoms with Crippen LogP contribution in [-0.2, 0) is 0 Å². The third-order valence-corrected chi connectivity index (χ3v) is 5.29. The van der Waals surface area contributed by atoms with E-state index in [0.717, 1.165) is 23.0 Å². The first-order chi connectivity index (χ1) is 10.0. The highest BCUT2D eigenvalue weighted by Gasteiger charge is 2.31. The van der Waals surface area contributed by atoms with Crippen LogP contribution in [0.5, 0.6) is 0 Å². The summed E-state index contributed by atoms with van der Waals surface area (Å²) in [7, 11) is 0. The van der Waals surface area contributed by atoms with Crippen molar-refractivity contribution in [1.29, 1.82) is 0 Å². The molecule has 0 unspecified atom stereocenters. The minimum atomic E-state index is -0.334. The van der Waals surface area contributed by atoms with Crippen LogP contribution in [-0.4, -0.2) is 6.04 Å². The van der Waals surface area contributed by atoms with Crippen LogP contribution in [0, 0.1) is 5.82 Å². The molecule has 0 radical (unpaired) electrons. The lowest BCUT2D eigenvalue weighted by molar-refractivity contribution is 0.374. The summed E-state index contributed by atoms with van der Waals surface area (Å²) in [5.41, 5.74) is 2.14. The third kappa shape index (κ3) is 3.43. The normalized spacial score (nSPS) is 21.0. The Kier molecular flexibility index (Phi) is 4.57. The lowest BCUT2D eigenvalue weighted by Gasteiger charge is -2.37. The summed E-state index contributed by atoms with van der Waals surface area (Å²) in [5, 5.41) is 3.81. The largest absolute Gasteiger partial charge is 0.380 e. The molecule has 0 amide bonds. The molecule has 1 saturated carbocycles. The van der Waals surface area contributed by atoms with Crippen molar-refractivity contribution in [3.8, 4) is 0 Å². The van der Waals surface area contributed by atoms with Gasteiger partial charge in [0.1, 0.15) is 5.82 Å². The Morgan fingerprint density at radius 1 is 1.10 bits per heavy atom. The van der Waals surface area contributed by atoms with E-state index >= 15 is 0 Å². The molecule has 0 atom stereocenters. The van der Waals surface area contributed by atoms with Crippen molar-refractivity contribution >= 4 is 49.1 Å². The monoisotopic (exact) mass is 431 g/mol. The first-order valence-electron chi connectivity index (χ1n) is 6.69. The number of anilines is 1. The molecular formula is C16H13Br2ClFN. The van der Waals surface area contributed by atoms with Gasteiger partial charge in [0, 0.05) is 15.0 Å². The van der Waals surface area contributed by atoms with E-state index in [4.69, 9.17) is 11.6 Å². The molecule has 0 aliphatic heterocycles. The van der Waals surface area contributed by atoms with Crippen molar-refractivity contribution in [2.45, 2.75) is 24.8 Å². The SMILES string of the molecule is Fc1cc(Cl)c(NC2CC(c3ccc(Br)cc3)C2)c(Br)c1. The second kappa shape index (κ2) is 6.27. The van der Waals surface area contributed by atoms with Crippen LogP contribution in [0.25, 0.3) is 0 Å². The van der Waals surface area contributed by atoms with Crippen molar-refractivity contribution in [3.63, 3.8) is 0 Å². The zero-order chi connectivity index (χ0) is 15.0. The number of benzene rings is 2. The molecule has 3 rings (SSSR count). The van der Waals surface area contributed by atoms with Gasteiger partial charge in [0.2, 0.25) is 0 Å². The van der Waals surface area contributed by atoms with Crippen LogP contribution < -0.4 is 5.32 Å². The van der Waals surface area contributed by atoms with Gasteiger partial charge in [-0.1, -0.05) is 39.7 Å².